The van der Waals surface area contributed by atoms with Crippen molar-refractivity contribution in [3.05, 3.63) is 102 Å². The maximum Gasteiger partial charge on any atom is 0.238 e. The molecule has 1 aliphatic carbocycles. The second-order valence-electron chi connectivity index (χ2n) is 8.11. The minimum Gasteiger partial charge on any atom is -0.489 e. The van der Waals surface area contributed by atoms with Crippen LogP contribution in [0.25, 0.3) is 0 Å². The summed E-state index contributed by atoms with van der Waals surface area (Å²) in [5.41, 5.74) is 4.27. The molecule has 0 spiro atoms. The van der Waals surface area contributed by atoms with Crippen LogP contribution >= 0.6 is 0 Å². The molecular formula is C25H24N2O3S. The zero-order valence-corrected chi connectivity index (χ0v) is 17.8. The normalized spacial score (nSPS) is 21.8. The first-order valence-corrected chi connectivity index (χ1v) is 11.9. The van der Waals surface area contributed by atoms with Gasteiger partial charge in [0, 0.05) is 11.6 Å². The predicted molar refractivity (Wildman–Crippen MR) is 121 cm³/mol. The Hall–Kier alpha value is -3.09. The summed E-state index contributed by atoms with van der Waals surface area (Å²) in [6.07, 6.45) is 5.30. The fourth-order valence-electron chi connectivity index (χ4n) is 4.59. The Kier molecular flexibility index (Phi) is 5.04. The third kappa shape index (κ3) is 3.96. The molecule has 5 nitrogen and oxygen atoms in total. The van der Waals surface area contributed by atoms with Crippen LogP contribution in [0.15, 0.2) is 89.8 Å². The van der Waals surface area contributed by atoms with Crippen LogP contribution in [-0.2, 0) is 16.6 Å². The number of ether oxygens (including phenoxy) is 1. The number of rotatable bonds is 5. The summed E-state index contributed by atoms with van der Waals surface area (Å²) in [7, 11) is -3.73. The number of benzene rings is 3. The molecule has 158 valence electrons. The lowest BCUT2D eigenvalue weighted by Crippen LogP contribution is -2.29. The molecule has 6 heteroatoms. The summed E-state index contributed by atoms with van der Waals surface area (Å²) >= 11 is 0. The van der Waals surface area contributed by atoms with Crippen LogP contribution in [0.4, 0.5) is 5.69 Å². The van der Waals surface area contributed by atoms with Gasteiger partial charge in [-0.1, -0.05) is 54.6 Å². The second-order valence-corrected chi connectivity index (χ2v) is 9.67. The van der Waals surface area contributed by atoms with Crippen molar-refractivity contribution in [3.63, 3.8) is 0 Å². The summed E-state index contributed by atoms with van der Waals surface area (Å²) < 4.78 is 29.5. The van der Waals surface area contributed by atoms with E-state index in [2.05, 4.69) is 29.6 Å². The number of primary sulfonamides is 1. The first-order valence-electron chi connectivity index (χ1n) is 10.4. The minimum absolute atomic E-state index is 0.135. The zero-order chi connectivity index (χ0) is 21.4. The molecule has 0 fully saturated rings. The Labute approximate surface area is 182 Å². The number of hydrogen-bond acceptors (Lipinski definition) is 4. The van der Waals surface area contributed by atoms with Gasteiger partial charge < -0.3 is 10.1 Å². The van der Waals surface area contributed by atoms with Crippen LogP contribution in [0.2, 0.25) is 0 Å². The van der Waals surface area contributed by atoms with E-state index >= 15 is 0 Å². The van der Waals surface area contributed by atoms with E-state index in [0.29, 0.717) is 12.5 Å². The molecule has 0 saturated carbocycles. The fraction of sp³-hybridized carbons (Fsp3) is 0.200. The molecule has 0 amide bonds. The molecule has 0 bridgehead atoms. The molecule has 1 heterocycles. The Morgan fingerprint density at radius 3 is 2.52 bits per heavy atom. The topological polar surface area (TPSA) is 81.4 Å². The van der Waals surface area contributed by atoms with Gasteiger partial charge in [-0.3, -0.25) is 0 Å². The second kappa shape index (κ2) is 7.87. The number of allylic oxidation sites excluding steroid dienone is 2. The van der Waals surface area contributed by atoms with Gasteiger partial charge in [0.2, 0.25) is 10.0 Å². The van der Waals surface area contributed by atoms with E-state index in [-0.39, 0.29) is 16.9 Å². The quantitative estimate of drug-likeness (QED) is 0.571. The molecular weight excluding hydrogens is 408 g/mol. The Balaban J connectivity index is 1.37. The maximum absolute atomic E-state index is 11.8. The van der Waals surface area contributed by atoms with Crippen molar-refractivity contribution in [3.8, 4) is 5.75 Å². The summed E-state index contributed by atoms with van der Waals surface area (Å²) in [6.45, 7) is 0.538. The van der Waals surface area contributed by atoms with Crippen molar-refractivity contribution < 1.29 is 13.2 Å². The van der Waals surface area contributed by atoms with Crippen molar-refractivity contribution in [2.45, 2.75) is 29.9 Å². The first kappa shape index (κ1) is 19.8. The van der Waals surface area contributed by atoms with Gasteiger partial charge >= 0.3 is 0 Å². The van der Waals surface area contributed by atoms with Crippen molar-refractivity contribution in [1.82, 2.24) is 0 Å². The van der Waals surface area contributed by atoms with Crippen molar-refractivity contribution in [2.24, 2.45) is 11.1 Å². The van der Waals surface area contributed by atoms with Crippen LogP contribution in [0.3, 0.4) is 0 Å². The molecule has 1 aliphatic heterocycles. The molecule has 3 atom stereocenters. The van der Waals surface area contributed by atoms with E-state index in [1.165, 1.54) is 5.56 Å². The monoisotopic (exact) mass is 432 g/mol. The molecule has 0 aromatic heterocycles. The number of nitrogens with two attached hydrogens (primary N) is 1. The Bertz CT molecular complexity index is 1220. The maximum atomic E-state index is 11.8. The van der Waals surface area contributed by atoms with Gasteiger partial charge in [-0.05, 0) is 59.4 Å². The van der Waals surface area contributed by atoms with E-state index in [1.54, 1.807) is 12.1 Å². The lowest BCUT2D eigenvalue weighted by atomic mass is 9.77. The van der Waals surface area contributed by atoms with Gasteiger partial charge in [0.25, 0.3) is 0 Å². The van der Waals surface area contributed by atoms with Gasteiger partial charge in [-0.15, -0.1) is 0 Å². The van der Waals surface area contributed by atoms with Gasteiger partial charge in [-0.25, -0.2) is 13.6 Å². The van der Waals surface area contributed by atoms with E-state index in [9.17, 15) is 8.42 Å². The average Bonchev–Trinajstić information content (AvgIpc) is 3.28. The van der Waals surface area contributed by atoms with E-state index in [1.807, 2.05) is 48.5 Å². The molecule has 0 saturated heterocycles. The minimum atomic E-state index is -3.73. The summed E-state index contributed by atoms with van der Waals surface area (Å²) in [4.78, 5) is 0.158. The molecule has 5 rings (SSSR count). The summed E-state index contributed by atoms with van der Waals surface area (Å²) in [5.74, 6) is 1.32. The Morgan fingerprint density at radius 1 is 1.00 bits per heavy atom. The zero-order valence-electron chi connectivity index (χ0n) is 16.9. The lowest BCUT2D eigenvalue weighted by molar-refractivity contribution is 0.306. The molecule has 3 aromatic rings. The van der Waals surface area contributed by atoms with Gasteiger partial charge in [-0.2, -0.15) is 0 Å². The summed E-state index contributed by atoms with van der Waals surface area (Å²) in [5, 5.41) is 8.97. The molecule has 31 heavy (non-hydrogen) atoms. The van der Waals surface area contributed by atoms with E-state index in [0.717, 1.165) is 29.0 Å². The highest BCUT2D eigenvalue weighted by molar-refractivity contribution is 7.89. The van der Waals surface area contributed by atoms with Crippen LogP contribution in [0.1, 0.15) is 35.1 Å². The van der Waals surface area contributed by atoms with E-state index < -0.39 is 10.0 Å². The lowest BCUT2D eigenvalue weighted by Gasteiger charge is -2.37. The molecule has 3 N–H and O–H groups in total. The number of hydrogen-bond donors (Lipinski definition) is 2. The third-order valence-electron chi connectivity index (χ3n) is 6.15. The van der Waals surface area contributed by atoms with Crippen LogP contribution in [0, 0.1) is 5.92 Å². The van der Waals surface area contributed by atoms with Crippen LogP contribution < -0.4 is 15.2 Å². The SMILES string of the molecule is NS(=O)(=O)c1ccc2c(c1)C1C=CCC1C(c1ccc(OCc3ccccc3)cc1)N2. The molecule has 3 unspecified atom stereocenters. The summed E-state index contributed by atoms with van der Waals surface area (Å²) in [6, 6.07) is 23.6. The molecule has 0 radical (unpaired) electrons. The standard InChI is InChI=1S/C25H24N2O3S/c26-31(28,29)20-13-14-24-23(15-20)21-7-4-8-22(21)25(27-24)18-9-11-19(12-10-18)30-16-17-5-2-1-3-6-17/h1-7,9-15,21-22,25,27H,8,16H2,(H2,26,28,29). The van der Waals surface area contributed by atoms with Gasteiger partial charge in [0.05, 0.1) is 10.9 Å². The van der Waals surface area contributed by atoms with Crippen molar-refractivity contribution in [2.75, 3.05) is 5.32 Å². The fourth-order valence-corrected chi connectivity index (χ4v) is 5.14. The number of fused-ring (bicyclic) bond motifs is 3. The number of sulfonamides is 1. The number of anilines is 1. The highest BCUT2D eigenvalue weighted by Crippen LogP contribution is 2.50. The third-order valence-corrected chi connectivity index (χ3v) is 7.06. The van der Waals surface area contributed by atoms with Crippen molar-refractivity contribution in [1.29, 1.82) is 0 Å². The predicted octanol–water partition coefficient (Wildman–Crippen LogP) is 4.74. The van der Waals surface area contributed by atoms with Crippen LogP contribution in [0.5, 0.6) is 5.75 Å². The largest absolute Gasteiger partial charge is 0.489 e. The van der Waals surface area contributed by atoms with Crippen LogP contribution in [-0.4, -0.2) is 8.42 Å². The average molecular weight is 433 g/mol. The van der Waals surface area contributed by atoms with Crippen molar-refractivity contribution >= 4 is 15.7 Å². The first-order chi connectivity index (χ1) is 15.0. The Morgan fingerprint density at radius 2 is 1.77 bits per heavy atom. The number of nitrogens with one attached hydrogen (secondary N) is 1. The molecule has 2 aliphatic rings. The molecule has 3 aromatic carbocycles. The highest BCUT2D eigenvalue weighted by atomic mass is 32.2. The van der Waals surface area contributed by atoms with Gasteiger partial charge in [0.1, 0.15) is 12.4 Å². The highest BCUT2D eigenvalue weighted by Gasteiger charge is 2.38. The van der Waals surface area contributed by atoms with E-state index in [4.69, 9.17) is 9.88 Å². The smallest absolute Gasteiger partial charge is 0.238 e. The van der Waals surface area contributed by atoms with Gasteiger partial charge in [0.15, 0.2) is 0 Å².